The summed E-state index contributed by atoms with van der Waals surface area (Å²) in [5, 5.41) is 3.07. The molecule has 4 aromatic rings. The molecule has 1 N–H and O–H groups in total. The highest BCUT2D eigenvalue weighted by atomic mass is 32.2. The number of anilines is 1. The molecule has 0 aliphatic carbocycles. The minimum absolute atomic E-state index is 0.0975. The summed E-state index contributed by atoms with van der Waals surface area (Å²) in [6.07, 6.45) is 0. The largest absolute Gasteiger partial charge is 0.492 e. The first-order valence-electron chi connectivity index (χ1n) is 12.5. The summed E-state index contributed by atoms with van der Waals surface area (Å²) >= 11 is 0. The molecule has 0 unspecified atom stereocenters. The third-order valence-corrected chi connectivity index (χ3v) is 7.95. The number of amides is 1. The number of aryl methyl sites for hydroxylation is 2. The highest BCUT2D eigenvalue weighted by molar-refractivity contribution is 7.92. The molecule has 38 heavy (non-hydrogen) atoms. The van der Waals surface area contributed by atoms with E-state index in [9.17, 15) is 13.2 Å². The van der Waals surface area contributed by atoms with Gasteiger partial charge in [-0.1, -0.05) is 90.0 Å². The quantitative estimate of drug-likeness (QED) is 0.282. The fourth-order valence-electron chi connectivity index (χ4n) is 4.18. The number of sulfonamides is 1. The highest BCUT2D eigenvalue weighted by Crippen LogP contribution is 2.33. The average molecular weight is 529 g/mol. The number of hydrogen-bond acceptors (Lipinski definition) is 4. The Hall–Kier alpha value is -4.10. The molecule has 0 aliphatic rings. The molecule has 0 saturated carbocycles. The van der Waals surface area contributed by atoms with Crippen LogP contribution < -0.4 is 14.4 Å². The smallest absolute Gasteiger partial charge is 0.264 e. The number of nitrogens with zero attached hydrogens (tertiary/aromatic N) is 1. The van der Waals surface area contributed by atoms with Crippen molar-refractivity contribution < 1.29 is 17.9 Å². The monoisotopic (exact) mass is 528 g/mol. The Morgan fingerprint density at radius 1 is 0.789 bits per heavy atom. The van der Waals surface area contributed by atoms with E-state index in [0.29, 0.717) is 18.0 Å². The van der Waals surface area contributed by atoms with Gasteiger partial charge in [-0.25, -0.2) is 8.42 Å². The number of nitrogens with one attached hydrogen (secondary N) is 1. The average Bonchev–Trinajstić information content (AvgIpc) is 2.92. The van der Waals surface area contributed by atoms with E-state index in [4.69, 9.17) is 4.74 Å². The van der Waals surface area contributed by atoms with Crippen molar-refractivity contribution in [2.24, 2.45) is 0 Å². The molecule has 0 spiro atoms. The summed E-state index contributed by atoms with van der Waals surface area (Å²) in [6.45, 7) is 5.65. The van der Waals surface area contributed by atoms with E-state index >= 15 is 0 Å². The van der Waals surface area contributed by atoms with Gasteiger partial charge in [0, 0.05) is 0 Å². The SMILES string of the molecule is CCOc1ccccc1N(CC(=O)N[C@@H](c1ccccc1)c1ccc(C)cc1)S(=O)(=O)c1ccc(C)cc1. The number of rotatable bonds is 10. The lowest BCUT2D eigenvalue weighted by atomic mass is 9.98. The lowest BCUT2D eigenvalue weighted by Crippen LogP contribution is -2.42. The van der Waals surface area contributed by atoms with E-state index in [0.717, 1.165) is 26.6 Å². The third kappa shape index (κ3) is 6.23. The van der Waals surface area contributed by atoms with Crippen LogP contribution in [0.4, 0.5) is 5.69 Å². The van der Waals surface area contributed by atoms with Gasteiger partial charge < -0.3 is 10.1 Å². The number of carbonyl (C=O) groups excluding carboxylic acids is 1. The summed E-state index contributed by atoms with van der Waals surface area (Å²) in [7, 11) is -4.08. The van der Waals surface area contributed by atoms with Crippen molar-refractivity contribution in [2.75, 3.05) is 17.5 Å². The fourth-order valence-corrected chi connectivity index (χ4v) is 5.61. The molecule has 6 nitrogen and oxygen atoms in total. The van der Waals surface area contributed by atoms with E-state index in [1.54, 1.807) is 48.5 Å². The van der Waals surface area contributed by atoms with Gasteiger partial charge >= 0.3 is 0 Å². The second kappa shape index (κ2) is 12.0. The van der Waals surface area contributed by atoms with Gasteiger partial charge in [0.05, 0.1) is 23.2 Å². The van der Waals surface area contributed by atoms with Crippen LogP contribution in [-0.2, 0) is 14.8 Å². The van der Waals surface area contributed by atoms with Crippen molar-refractivity contribution in [3.05, 3.63) is 125 Å². The van der Waals surface area contributed by atoms with Crippen molar-refractivity contribution in [2.45, 2.75) is 31.7 Å². The van der Waals surface area contributed by atoms with Crippen LogP contribution in [0.2, 0.25) is 0 Å². The van der Waals surface area contributed by atoms with Gasteiger partial charge in [0.25, 0.3) is 10.0 Å². The molecule has 0 aliphatic heterocycles. The van der Waals surface area contributed by atoms with Crippen LogP contribution in [0, 0.1) is 13.8 Å². The predicted molar refractivity (Wildman–Crippen MR) is 151 cm³/mol. The number of hydrogen-bond donors (Lipinski definition) is 1. The Kier molecular flexibility index (Phi) is 8.48. The van der Waals surface area contributed by atoms with Crippen LogP contribution in [0.3, 0.4) is 0 Å². The molecular weight excluding hydrogens is 496 g/mol. The molecule has 4 rings (SSSR count). The second-order valence-electron chi connectivity index (χ2n) is 9.05. The normalized spacial score (nSPS) is 12.0. The molecule has 7 heteroatoms. The fraction of sp³-hybridized carbons (Fsp3) is 0.194. The molecule has 4 aromatic carbocycles. The van der Waals surface area contributed by atoms with Gasteiger partial charge in [0.15, 0.2) is 0 Å². The Bertz CT molecular complexity index is 1470. The van der Waals surface area contributed by atoms with Gasteiger partial charge in [-0.15, -0.1) is 0 Å². The first-order chi connectivity index (χ1) is 18.3. The van der Waals surface area contributed by atoms with Crippen LogP contribution >= 0.6 is 0 Å². The number of ether oxygens (including phenoxy) is 1. The zero-order chi connectivity index (χ0) is 27.1. The maximum absolute atomic E-state index is 13.9. The third-order valence-electron chi connectivity index (χ3n) is 6.18. The molecule has 0 fully saturated rings. The molecule has 0 bridgehead atoms. The molecule has 196 valence electrons. The molecule has 0 radical (unpaired) electrons. The van der Waals surface area contributed by atoms with E-state index in [2.05, 4.69) is 5.32 Å². The van der Waals surface area contributed by atoms with E-state index in [1.807, 2.05) is 75.4 Å². The molecule has 0 heterocycles. The first-order valence-corrected chi connectivity index (χ1v) is 14.0. The second-order valence-corrected chi connectivity index (χ2v) is 10.9. The topological polar surface area (TPSA) is 75.7 Å². The zero-order valence-corrected chi connectivity index (χ0v) is 22.6. The van der Waals surface area contributed by atoms with Crippen molar-refractivity contribution >= 4 is 21.6 Å². The van der Waals surface area contributed by atoms with E-state index < -0.39 is 28.5 Å². The van der Waals surface area contributed by atoms with Crippen molar-refractivity contribution in [3.63, 3.8) is 0 Å². The van der Waals surface area contributed by atoms with Crippen molar-refractivity contribution in [1.29, 1.82) is 0 Å². The minimum atomic E-state index is -4.08. The van der Waals surface area contributed by atoms with Crippen LogP contribution in [0.1, 0.15) is 35.2 Å². The number of carbonyl (C=O) groups is 1. The Morgan fingerprint density at radius 2 is 1.34 bits per heavy atom. The maximum atomic E-state index is 13.9. The van der Waals surface area contributed by atoms with Gasteiger partial charge in [-0.05, 0) is 56.2 Å². The van der Waals surface area contributed by atoms with Gasteiger partial charge in [-0.2, -0.15) is 0 Å². The summed E-state index contributed by atoms with van der Waals surface area (Å²) in [5.74, 6) is -0.0574. The highest BCUT2D eigenvalue weighted by Gasteiger charge is 2.30. The van der Waals surface area contributed by atoms with Crippen molar-refractivity contribution in [1.82, 2.24) is 5.32 Å². The summed E-state index contributed by atoms with van der Waals surface area (Å²) in [6, 6.07) is 30.5. The molecule has 0 saturated heterocycles. The van der Waals surface area contributed by atoms with Gasteiger partial charge in [0.1, 0.15) is 12.3 Å². The molecule has 0 aromatic heterocycles. The summed E-state index contributed by atoms with van der Waals surface area (Å²) < 4.78 is 34.6. The Morgan fingerprint density at radius 3 is 1.97 bits per heavy atom. The van der Waals surface area contributed by atoms with Gasteiger partial charge in [0.2, 0.25) is 5.91 Å². The zero-order valence-electron chi connectivity index (χ0n) is 21.8. The first kappa shape index (κ1) is 26.9. The standard InChI is InChI=1S/C31H32N2O4S/c1-4-37-29-13-9-8-12-28(29)33(38(35,36)27-20-16-24(3)17-21-27)22-30(34)32-31(25-10-6-5-7-11-25)26-18-14-23(2)15-19-26/h5-21,31H,4,22H2,1-3H3,(H,32,34)/t31-/m0/s1. The van der Waals surface area contributed by atoms with Crippen LogP contribution in [0.25, 0.3) is 0 Å². The maximum Gasteiger partial charge on any atom is 0.264 e. The predicted octanol–water partition coefficient (Wildman–Crippen LogP) is 5.80. The summed E-state index contributed by atoms with van der Waals surface area (Å²) in [4.78, 5) is 13.7. The Labute approximate surface area is 225 Å². The minimum Gasteiger partial charge on any atom is -0.492 e. The van der Waals surface area contributed by atoms with Crippen LogP contribution in [-0.4, -0.2) is 27.5 Å². The van der Waals surface area contributed by atoms with Gasteiger partial charge in [-0.3, -0.25) is 9.10 Å². The lowest BCUT2D eigenvalue weighted by Gasteiger charge is -2.27. The summed E-state index contributed by atoms with van der Waals surface area (Å²) in [5.41, 5.74) is 4.14. The van der Waals surface area contributed by atoms with Crippen LogP contribution in [0.5, 0.6) is 5.75 Å². The Balaban J connectivity index is 1.72. The van der Waals surface area contributed by atoms with E-state index in [-0.39, 0.29) is 4.90 Å². The van der Waals surface area contributed by atoms with E-state index in [1.165, 1.54) is 0 Å². The van der Waals surface area contributed by atoms with Crippen molar-refractivity contribution in [3.8, 4) is 5.75 Å². The number of benzene rings is 4. The molecular formula is C31H32N2O4S. The lowest BCUT2D eigenvalue weighted by molar-refractivity contribution is -0.120. The van der Waals surface area contributed by atoms with Crippen LogP contribution in [0.15, 0.2) is 108 Å². The molecule has 1 amide bonds. The number of para-hydroxylation sites is 2. The molecule has 1 atom stereocenters.